The number of nitrogens with zero attached hydrogens (tertiary/aromatic N) is 2. The van der Waals surface area contributed by atoms with Crippen molar-refractivity contribution in [1.29, 1.82) is 0 Å². The summed E-state index contributed by atoms with van der Waals surface area (Å²) in [5, 5.41) is 6.79. The zero-order chi connectivity index (χ0) is 19.8. The number of carbonyl (C=O) groups is 1. The molecule has 0 aliphatic carbocycles. The fourth-order valence-electron chi connectivity index (χ4n) is 3.62. The fraction of sp³-hybridized carbons (Fsp3) is 0. The Kier molecular flexibility index (Phi) is 4.26. The summed E-state index contributed by atoms with van der Waals surface area (Å²) in [7, 11) is 0. The number of benzene rings is 3. The monoisotopic (exact) mass is 397 g/mol. The van der Waals surface area contributed by atoms with Crippen molar-refractivity contribution in [3.63, 3.8) is 0 Å². The van der Waals surface area contributed by atoms with E-state index < -0.39 is 0 Å². The minimum atomic E-state index is -0.242. The number of aromatic nitrogens is 2. The van der Waals surface area contributed by atoms with Crippen molar-refractivity contribution in [3.8, 4) is 5.69 Å². The van der Waals surface area contributed by atoms with E-state index in [1.165, 1.54) is 0 Å². The predicted molar refractivity (Wildman–Crippen MR) is 118 cm³/mol. The molecule has 5 aromatic rings. The normalized spacial score (nSPS) is 11.1. The summed E-state index contributed by atoms with van der Waals surface area (Å²) in [4.78, 5) is 16.9. The molecular weight excluding hydrogens is 382 g/mol. The van der Waals surface area contributed by atoms with Crippen LogP contribution in [0.3, 0.4) is 0 Å². The minimum absolute atomic E-state index is 0.242. The number of fused-ring (bicyclic) bond motifs is 2. The van der Waals surface area contributed by atoms with Crippen LogP contribution in [0, 0.1) is 0 Å². The predicted octanol–water partition coefficient (Wildman–Crippen LogP) is 6.08. The van der Waals surface area contributed by atoms with Crippen LogP contribution in [0.15, 0.2) is 91.3 Å². The third kappa shape index (κ3) is 3.13. The van der Waals surface area contributed by atoms with Crippen LogP contribution in [0.1, 0.15) is 10.5 Å². The van der Waals surface area contributed by atoms with E-state index in [9.17, 15) is 4.79 Å². The topological polar surface area (TPSA) is 46.9 Å². The maximum absolute atomic E-state index is 12.7. The van der Waals surface area contributed by atoms with Crippen molar-refractivity contribution >= 4 is 44.9 Å². The van der Waals surface area contributed by atoms with Crippen LogP contribution in [0.25, 0.3) is 27.4 Å². The summed E-state index contributed by atoms with van der Waals surface area (Å²) in [6.07, 6.45) is 3.63. The number of rotatable bonds is 3. The Balaban J connectivity index is 1.69. The second-order valence-corrected chi connectivity index (χ2v) is 7.18. The fourth-order valence-corrected chi connectivity index (χ4v) is 3.79. The number of hydrogen-bond acceptors (Lipinski definition) is 2. The van der Waals surface area contributed by atoms with E-state index in [4.69, 9.17) is 11.6 Å². The minimum Gasteiger partial charge on any atom is -0.320 e. The van der Waals surface area contributed by atoms with E-state index in [-0.39, 0.29) is 5.91 Å². The number of nitrogens with one attached hydrogen (secondary N) is 1. The Hall–Kier alpha value is -3.63. The molecule has 1 amide bonds. The average molecular weight is 398 g/mol. The summed E-state index contributed by atoms with van der Waals surface area (Å²) in [6, 6.07) is 25.1. The summed E-state index contributed by atoms with van der Waals surface area (Å²) < 4.78 is 2.10. The first-order valence-electron chi connectivity index (χ1n) is 9.22. The molecule has 1 N–H and O–H groups in total. The SMILES string of the molecule is O=C(Nc1cccc2cccc(-n3ccc4ccc(Cl)cc43)c12)c1ccccn1. The highest BCUT2D eigenvalue weighted by Gasteiger charge is 2.14. The maximum atomic E-state index is 12.7. The first-order valence-corrected chi connectivity index (χ1v) is 9.60. The van der Waals surface area contributed by atoms with Crippen LogP contribution in [0.2, 0.25) is 5.02 Å². The molecule has 0 saturated carbocycles. The van der Waals surface area contributed by atoms with Crippen molar-refractivity contribution < 1.29 is 4.79 Å². The Morgan fingerprint density at radius 1 is 0.897 bits per heavy atom. The van der Waals surface area contributed by atoms with E-state index >= 15 is 0 Å². The Labute approximate surface area is 172 Å². The van der Waals surface area contributed by atoms with Gasteiger partial charge in [-0.2, -0.15) is 0 Å². The van der Waals surface area contributed by atoms with Gasteiger partial charge in [-0.15, -0.1) is 0 Å². The number of anilines is 1. The summed E-state index contributed by atoms with van der Waals surface area (Å²) >= 11 is 6.24. The highest BCUT2D eigenvalue weighted by atomic mass is 35.5. The maximum Gasteiger partial charge on any atom is 0.274 e. The molecule has 2 aromatic heterocycles. The van der Waals surface area contributed by atoms with Crippen molar-refractivity contribution in [2.24, 2.45) is 0 Å². The summed E-state index contributed by atoms with van der Waals surface area (Å²) in [5.41, 5.74) is 3.09. The first kappa shape index (κ1) is 17.5. The van der Waals surface area contributed by atoms with E-state index in [1.54, 1.807) is 24.4 Å². The molecule has 0 saturated heterocycles. The zero-order valence-corrected chi connectivity index (χ0v) is 16.1. The molecular formula is C24H16ClN3O. The zero-order valence-electron chi connectivity index (χ0n) is 15.3. The van der Waals surface area contributed by atoms with E-state index in [0.29, 0.717) is 10.7 Å². The van der Waals surface area contributed by atoms with Crippen molar-refractivity contribution in [2.75, 3.05) is 5.32 Å². The Morgan fingerprint density at radius 2 is 1.76 bits per heavy atom. The molecule has 0 atom stereocenters. The van der Waals surface area contributed by atoms with Gasteiger partial charge in [0.05, 0.1) is 16.9 Å². The number of pyridine rings is 1. The van der Waals surface area contributed by atoms with Gasteiger partial charge in [-0.05, 0) is 47.9 Å². The van der Waals surface area contributed by atoms with E-state index in [0.717, 1.165) is 33.1 Å². The van der Waals surface area contributed by atoms with Crippen molar-refractivity contribution in [3.05, 3.63) is 102 Å². The third-order valence-corrected chi connectivity index (χ3v) is 5.18. The molecule has 3 aromatic carbocycles. The highest BCUT2D eigenvalue weighted by Crippen LogP contribution is 2.33. The van der Waals surface area contributed by atoms with E-state index in [1.807, 2.05) is 60.8 Å². The molecule has 0 radical (unpaired) electrons. The molecule has 5 heteroatoms. The van der Waals surface area contributed by atoms with Gasteiger partial charge in [-0.25, -0.2) is 0 Å². The van der Waals surface area contributed by atoms with Crippen LogP contribution in [-0.4, -0.2) is 15.5 Å². The van der Waals surface area contributed by atoms with E-state index in [2.05, 4.69) is 20.9 Å². The Morgan fingerprint density at radius 3 is 2.59 bits per heavy atom. The van der Waals surface area contributed by atoms with Gasteiger partial charge in [0, 0.05) is 28.2 Å². The van der Waals surface area contributed by atoms with Gasteiger partial charge in [0.1, 0.15) is 5.69 Å². The summed E-state index contributed by atoms with van der Waals surface area (Å²) in [5.74, 6) is -0.242. The lowest BCUT2D eigenvalue weighted by molar-refractivity contribution is 0.102. The van der Waals surface area contributed by atoms with Crippen LogP contribution in [0.4, 0.5) is 5.69 Å². The quantitative estimate of drug-likeness (QED) is 0.400. The Bertz CT molecular complexity index is 1350. The molecule has 0 aliphatic heterocycles. The first-order chi connectivity index (χ1) is 14.2. The lowest BCUT2D eigenvalue weighted by atomic mass is 10.1. The molecule has 0 spiro atoms. The van der Waals surface area contributed by atoms with Crippen molar-refractivity contribution in [2.45, 2.75) is 0 Å². The average Bonchev–Trinajstić information content (AvgIpc) is 3.17. The van der Waals surface area contributed by atoms with Gasteiger partial charge in [0.2, 0.25) is 0 Å². The molecule has 140 valence electrons. The van der Waals surface area contributed by atoms with Gasteiger partial charge in [0.15, 0.2) is 0 Å². The second kappa shape index (κ2) is 7.08. The number of carbonyl (C=O) groups excluding carboxylic acids is 1. The van der Waals surface area contributed by atoms with Gasteiger partial charge in [-0.3, -0.25) is 9.78 Å². The van der Waals surface area contributed by atoms with Crippen LogP contribution in [0.5, 0.6) is 0 Å². The lowest BCUT2D eigenvalue weighted by Crippen LogP contribution is -2.14. The number of amides is 1. The standard InChI is InChI=1S/C24H16ClN3O/c25-18-11-10-16-12-14-28(22(16)15-18)21-9-4-6-17-5-3-8-19(23(17)21)27-24(29)20-7-1-2-13-26-20/h1-15H,(H,27,29). The largest absolute Gasteiger partial charge is 0.320 e. The number of hydrogen-bond donors (Lipinski definition) is 1. The van der Waals surface area contributed by atoms with Crippen LogP contribution >= 0.6 is 11.6 Å². The molecule has 4 nitrogen and oxygen atoms in total. The smallest absolute Gasteiger partial charge is 0.274 e. The molecule has 5 rings (SSSR count). The molecule has 0 fully saturated rings. The van der Waals surface area contributed by atoms with Crippen molar-refractivity contribution in [1.82, 2.24) is 9.55 Å². The van der Waals surface area contributed by atoms with Crippen LogP contribution in [-0.2, 0) is 0 Å². The molecule has 0 bridgehead atoms. The third-order valence-electron chi connectivity index (χ3n) is 4.94. The summed E-state index contributed by atoms with van der Waals surface area (Å²) in [6.45, 7) is 0. The van der Waals surface area contributed by atoms with Crippen LogP contribution < -0.4 is 5.32 Å². The molecule has 29 heavy (non-hydrogen) atoms. The highest BCUT2D eigenvalue weighted by molar-refractivity contribution is 6.31. The molecule has 0 unspecified atom stereocenters. The van der Waals surface area contributed by atoms with Gasteiger partial charge >= 0.3 is 0 Å². The second-order valence-electron chi connectivity index (χ2n) is 6.74. The number of halogens is 1. The molecule has 2 heterocycles. The molecule has 0 aliphatic rings. The van der Waals surface area contributed by atoms with Gasteiger partial charge in [0.25, 0.3) is 5.91 Å². The van der Waals surface area contributed by atoms with Gasteiger partial charge < -0.3 is 9.88 Å². The van der Waals surface area contributed by atoms with Gasteiger partial charge in [-0.1, -0.05) is 48.0 Å². The lowest BCUT2D eigenvalue weighted by Gasteiger charge is -2.14.